The highest BCUT2D eigenvalue weighted by molar-refractivity contribution is 5.69. The van der Waals surface area contributed by atoms with Gasteiger partial charge in [0.25, 0.3) is 6.43 Å². The van der Waals surface area contributed by atoms with Gasteiger partial charge in [-0.1, -0.05) is 6.92 Å². The van der Waals surface area contributed by atoms with Crippen LogP contribution in [0.4, 0.5) is 45.2 Å². The molecule has 23 heteroatoms. The van der Waals surface area contributed by atoms with Gasteiger partial charge in [0.2, 0.25) is 11.8 Å². The third-order valence-corrected chi connectivity index (χ3v) is 14.3. The van der Waals surface area contributed by atoms with Crippen molar-refractivity contribution in [2.45, 2.75) is 101 Å². The summed E-state index contributed by atoms with van der Waals surface area (Å²) in [6.45, 7) is 6.85. The van der Waals surface area contributed by atoms with Gasteiger partial charge in [-0.15, -0.1) is 0 Å². The van der Waals surface area contributed by atoms with Gasteiger partial charge in [-0.2, -0.15) is 33.7 Å². The monoisotopic (exact) mass is 1130 g/mol. The van der Waals surface area contributed by atoms with E-state index in [0.29, 0.717) is 114 Å². The van der Waals surface area contributed by atoms with E-state index in [4.69, 9.17) is 28.4 Å². The average Bonchev–Trinajstić information content (AvgIpc) is 3.52. The fourth-order valence-electron chi connectivity index (χ4n) is 9.88. The van der Waals surface area contributed by atoms with Gasteiger partial charge in [0, 0.05) is 66.5 Å². The smallest absolute Gasteiger partial charge is 0.388 e. The quantitative estimate of drug-likeness (QED) is 0.0767. The Morgan fingerprint density at radius 1 is 0.622 bits per heavy atom. The van der Waals surface area contributed by atoms with Crippen LogP contribution in [0.5, 0.6) is 23.3 Å². The van der Waals surface area contributed by atoms with E-state index in [0.717, 1.165) is 93.6 Å². The van der Waals surface area contributed by atoms with Crippen molar-refractivity contribution in [3.8, 4) is 57.9 Å². The lowest BCUT2D eigenvalue weighted by atomic mass is 9.90. The fourth-order valence-corrected chi connectivity index (χ4v) is 9.88. The zero-order valence-electron chi connectivity index (χ0n) is 46.1. The number of nitrogens with zero attached hydrogens (tertiary/aromatic N) is 9. The van der Waals surface area contributed by atoms with Crippen molar-refractivity contribution in [1.82, 2.24) is 40.1 Å². The van der Waals surface area contributed by atoms with Crippen molar-refractivity contribution in [2.24, 2.45) is 0 Å². The zero-order chi connectivity index (χ0) is 57.8. The first-order chi connectivity index (χ1) is 39.8. The Bertz CT molecular complexity index is 3100. The van der Waals surface area contributed by atoms with Crippen LogP contribution in [0.15, 0.2) is 85.5 Å². The predicted molar refractivity (Wildman–Crippen MR) is 297 cm³/mol. The molecule has 0 spiro atoms. The van der Waals surface area contributed by atoms with E-state index < -0.39 is 19.0 Å². The van der Waals surface area contributed by atoms with Gasteiger partial charge in [-0.25, -0.2) is 28.7 Å². The van der Waals surface area contributed by atoms with Crippen LogP contribution in [0.1, 0.15) is 98.8 Å². The summed E-state index contributed by atoms with van der Waals surface area (Å²) in [5.74, 6) is 5.27. The van der Waals surface area contributed by atoms with Gasteiger partial charge >= 0.3 is 6.18 Å². The molecule has 6 aromatic rings. The van der Waals surface area contributed by atoms with Crippen molar-refractivity contribution >= 4 is 23.3 Å². The Morgan fingerprint density at radius 2 is 1.06 bits per heavy atom. The van der Waals surface area contributed by atoms with E-state index in [1.807, 2.05) is 48.5 Å². The molecule has 0 bridgehead atoms. The lowest BCUT2D eigenvalue weighted by molar-refractivity contribution is -0.130. The van der Waals surface area contributed by atoms with Crippen molar-refractivity contribution in [1.29, 1.82) is 10.5 Å². The number of aromatic nitrogens is 6. The van der Waals surface area contributed by atoms with Crippen LogP contribution < -0.4 is 34.9 Å². The number of anilines is 4. The molecule has 0 amide bonds. The Hall–Kier alpha value is -7.83. The highest BCUT2D eigenvalue weighted by Gasteiger charge is 2.27. The molecular formula is C59H67F5N12O6. The molecule has 2 aromatic carbocycles. The average molecular weight is 1140 g/mol. The Kier molecular flexibility index (Phi) is 21.9. The normalized spacial score (nSPS) is 16.5. The summed E-state index contributed by atoms with van der Waals surface area (Å²) in [5, 5.41) is 29.3. The van der Waals surface area contributed by atoms with Gasteiger partial charge in [0.15, 0.2) is 0 Å². The number of nitriles is 2. The van der Waals surface area contributed by atoms with Gasteiger partial charge in [-0.05, 0) is 124 Å². The molecule has 0 radical (unpaired) electrons. The number of ether oxygens (including phenoxy) is 6. The van der Waals surface area contributed by atoms with Crippen LogP contribution in [0.25, 0.3) is 22.5 Å². The molecule has 0 saturated carbocycles. The van der Waals surface area contributed by atoms with E-state index in [-0.39, 0.29) is 24.7 Å². The lowest BCUT2D eigenvalue weighted by Crippen LogP contribution is -2.36. The predicted octanol–water partition coefficient (Wildman–Crippen LogP) is 11.3. The number of methoxy groups -OCH3 is 2. The minimum Gasteiger partial charge on any atom is -0.489 e. The summed E-state index contributed by atoms with van der Waals surface area (Å²) < 4.78 is 91.9. The second-order valence-corrected chi connectivity index (χ2v) is 19.9. The molecular weight excluding hydrogens is 1070 g/mol. The summed E-state index contributed by atoms with van der Waals surface area (Å²) in [4.78, 5) is 28.6. The first-order valence-electron chi connectivity index (χ1n) is 27.5. The molecule has 434 valence electrons. The number of piperidine rings is 2. The second kappa shape index (κ2) is 29.8. The summed E-state index contributed by atoms with van der Waals surface area (Å²) >= 11 is 0. The third kappa shape index (κ3) is 17.3. The number of rotatable bonds is 16. The molecule has 4 aliphatic rings. The Labute approximate surface area is 473 Å². The highest BCUT2D eigenvalue weighted by Crippen LogP contribution is 2.37. The summed E-state index contributed by atoms with van der Waals surface area (Å²) in [5.41, 5.74) is 5.94. The van der Waals surface area contributed by atoms with Crippen molar-refractivity contribution in [3.63, 3.8) is 0 Å². The molecule has 3 N–H and O–H groups in total. The molecule has 0 atom stereocenters. The van der Waals surface area contributed by atoms with Crippen LogP contribution in [-0.4, -0.2) is 133 Å². The van der Waals surface area contributed by atoms with Crippen LogP contribution in [-0.2, 0) is 9.47 Å². The second-order valence-electron chi connectivity index (χ2n) is 19.9. The maximum Gasteiger partial charge on any atom is 0.388 e. The minimum absolute atomic E-state index is 0.0377. The largest absolute Gasteiger partial charge is 0.489 e. The van der Waals surface area contributed by atoms with Crippen LogP contribution in [0.3, 0.4) is 0 Å². The molecule has 18 nitrogen and oxygen atoms in total. The SMILES string of the molecule is CCC(F)(F)F.COc1nc(Nc2cc(-c3ccc(OC4CCOCC4)c(C#N)c3)ncn2)ccc1C1CCN(CC(F)F)CC1.COc1nc(Nc2cc(-c3ccc(OC4CCOCC4)c(C#N)c3)ncn2)ccc1C1CCNCC1. The maximum atomic E-state index is 12.7. The Balaban J connectivity index is 0.000000196. The molecule has 0 aliphatic carbocycles. The summed E-state index contributed by atoms with van der Waals surface area (Å²) in [6, 6.07) is 27.0. The summed E-state index contributed by atoms with van der Waals surface area (Å²) in [6.07, 6.45) is 2.99. The van der Waals surface area contributed by atoms with Gasteiger partial charge < -0.3 is 44.4 Å². The molecule has 4 aromatic heterocycles. The molecule has 4 fully saturated rings. The number of pyridine rings is 2. The number of hydrogen-bond acceptors (Lipinski definition) is 18. The fraction of sp³-hybridized carbons (Fsp3) is 0.458. The van der Waals surface area contributed by atoms with E-state index in [2.05, 4.69) is 64.1 Å². The Morgan fingerprint density at radius 3 is 1.46 bits per heavy atom. The maximum absolute atomic E-state index is 12.7. The first kappa shape index (κ1) is 60.3. The molecule has 4 aliphatic heterocycles. The van der Waals surface area contributed by atoms with Gasteiger partial charge in [-0.3, -0.25) is 4.90 Å². The van der Waals surface area contributed by atoms with E-state index in [1.54, 1.807) is 37.3 Å². The number of benzene rings is 2. The lowest BCUT2D eigenvalue weighted by Gasteiger charge is -2.32. The van der Waals surface area contributed by atoms with Crippen LogP contribution in [0, 0.1) is 22.7 Å². The van der Waals surface area contributed by atoms with Crippen molar-refractivity contribution in [2.75, 3.05) is 84.0 Å². The number of alkyl halides is 5. The highest BCUT2D eigenvalue weighted by atomic mass is 19.4. The van der Waals surface area contributed by atoms with Gasteiger partial charge in [0.05, 0.1) is 69.7 Å². The third-order valence-electron chi connectivity index (χ3n) is 14.3. The van der Waals surface area contributed by atoms with Crippen molar-refractivity contribution in [3.05, 3.63) is 108 Å². The topological polar surface area (TPSA) is 220 Å². The molecule has 8 heterocycles. The summed E-state index contributed by atoms with van der Waals surface area (Å²) in [7, 11) is 3.23. The molecule has 10 rings (SSSR count). The molecule has 0 unspecified atom stereocenters. The van der Waals surface area contributed by atoms with Crippen molar-refractivity contribution < 1.29 is 50.4 Å². The van der Waals surface area contributed by atoms with Gasteiger partial charge in [0.1, 0.15) is 71.8 Å². The van der Waals surface area contributed by atoms with E-state index in [9.17, 15) is 32.5 Å². The number of hydrogen-bond donors (Lipinski definition) is 3. The molecule has 82 heavy (non-hydrogen) atoms. The number of likely N-dealkylation sites (tertiary alicyclic amines) is 1. The standard InChI is InChI=1S/C29H32F2N6O3.C27H30N6O3.C3H5F3/c1-38-29-23(19-6-10-37(11-7-19)17-26(30)31)3-5-27(36-29)35-28-15-24(33-18-34-28)20-2-4-25(21(14-20)16-32)40-22-8-12-39-13-9-22;1-34-27-22(18-6-10-29-11-7-18)3-5-25(33-27)32-26-15-23(30-17-31-26)19-2-4-24(20(14-19)16-28)36-21-8-12-35-13-9-21;1-2-3(4,5)6/h2-5,14-15,18-19,22,26H,6-13,17H2,1H3,(H,33,34,35,36);2-5,14-15,17-18,21,29H,6-13H2,1H3,(H,30,31,32,33);2H2,1H3. The van der Waals surface area contributed by atoms with E-state index >= 15 is 0 Å². The minimum atomic E-state index is -3.96. The van der Waals surface area contributed by atoms with E-state index in [1.165, 1.54) is 12.7 Å². The first-order valence-corrected chi connectivity index (χ1v) is 27.5. The zero-order valence-corrected chi connectivity index (χ0v) is 46.1. The van der Waals surface area contributed by atoms with Crippen LogP contribution >= 0.6 is 0 Å². The number of halogens is 5. The number of nitrogens with one attached hydrogen (secondary N) is 3. The molecule has 4 saturated heterocycles. The van der Waals surface area contributed by atoms with Crippen LogP contribution in [0.2, 0.25) is 0 Å².